The van der Waals surface area contributed by atoms with Gasteiger partial charge in [-0.15, -0.1) is 0 Å². The predicted octanol–water partition coefficient (Wildman–Crippen LogP) is 0.730. The van der Waals surface area contributed by atoms with E-state index in [-0.39, 0.29) is 5.82 Å². The average Bonchev–Trinajstić information content (AvgIpc) is 2.69. The van der Waals surface area contributed by atoms with Gasteiger partial charge < -0.3 is 15.4 Å². The molecule has 0 saturated carbocycles. The molecular weight excluding hydrogens is 224 g/mol. The van der Waals surface area contributed by atoms with Crippen molar-refractivity contribution >= 4 is 11.6 Å². The average molecular weight is 234 g/mol. The van der Waals surface area contributed by atoms with Crippen LogP contribution in [-0.2, 0) is 13.6 Å². The highest BCUT2D eigenvalue weighted by Crippen LogP contribution is 2.21. The van der Waals surface area contributed by atoms with Gasteiger partial charge in [-0.2, -0.15) is 10.2 Å². The fourth-order valence-electron chi connectivity index (χ4n) is 1.36. The van der Waals surface area contributed by atoms with E-state index in [0.717, 1.165) is 0 Å². The van der Waals surface area contributed by atoms with Gasteiger partial charge in [0.05, 0.1) is 12.2 Å². The number of nitrogens with zero attached hydrogens (tertiary/aromatic N) is 5. The summed E-state index contributed by atoms with van der Waals surface area (Å²) in [4.78, 5) is 13.9. The predicted molar refractivity (Wildman–Crippen MR) is 59.2 cm³/mol. The maximum Gasteiger partial charge on any atom is 0.406 e. The van der Waals surface area contributed by atoms with Crippen molar-refractivity contribution in [2.45, 2.75) is 6.54 Å². The van der Waals surface area contributed by atoms with Gasteiger partial charge in [-0.3, -0.25) is 4.57 Å². The summed E-state index contributed by atoms with van der Waals surface area (Å²) in [6.45, 7) is 0.355. The topological polar surface area (TPSA) is 98.8 Å². The van der Waals surface area contributed by atoms with Gasteiger partial charge in [0.15, 0.2) is 0 Å². The number of nitro groups is 1. The Morgan fingerprint density at radius 1 is 1.59 bits per heavy atom. The first-order chi connectivity index (χ1) is 8.18. The van der Waals surface area contributed by atoms with Crippen molar-refractivity contribution in [3.63, 3.8) is 0 Å². The van der Waals surface area contributed by atoms with Crippen LogP contribution in [0.15, 0.2) is 24.7 Å². The minimum absolute atomic E-state index is 0.198. The van der Waals surface area contributed by atoms with Crippen molar-refractivity contribution in [2.75, 3.05) is 5.32 Å². The van der Waals surface area contributed by atoms with Crippen molar-refractivity contribution in [1.29, 1.82) is 0 Å². The SMILES string of the molecule is Cn1cnc([N+](=O)[O-])c1NCc1cccnn1. The normalized spacial score (nSPS) is 10.2. The van der Waals surface area contributed by atoms with Crippen LogP contribution in [0.3, 0.4) is 0 Å². The zero-order valence-corrected chi connectivity index (χ0v) is 9.07. The summed E-state index contributed by atoms with van der Waals surface area (Å²) >= 11 is 0. The Hall–Kier alpha value is -2.51. The lowest BCUT2D eigenvalue weighted by Crippen LogP contribution is -2.07. The molecule has 0 amide bonds. The third-order valence-corrected chi connectivity index (χ3v) is 2.16. The molecule has 0 aliphatic rings. The first-order valence-corrected chi connectivity index (χ1v) is 4.84. The fraction of sp³-hybridized carbons (Fsp3) is 0.222. The van der Waals surface area contributed by atoms with Gasteiger partial charge in [0.25, 0.3) is 0 Å². The van der Waals surface area contributed by atoms with Crippen LogP contribution in [0.1, 0.15) is 5.69 Å². The van der Waals surface area contributed by atoms with Crippen molar-refractivity contribution in [1.82, 2.24) is 19.7 Å². The van der Waals surface area contributed by atoms with Crippen LogP contribution in [0.2, 0.25) is 0 Å². The highest BCUT2D eigenvalue weighted by Gasteiger charge is 2.19. The second-order valence-corrected chi connectivity index (χ2v) is 3.35. The molecule has 0 aromatic carbocycles. The number of anilines is 1. The van der Waals surface area contributed by atoms with Crippen molar-refractivity contribution in [3.8, 4) is 0 Å². The number of aromatic nitrogens is 4. The lowest BCUT2D eigenvalue weighted by molar-refractivity contribution is -0.388. The molecule has 8 heteroatoms. The summed E-state index contributed by atoms with van der Waals surface area (Å²) < 4.78 is 1.55. The minimum Gasteiger partial charge on any atom is -0.359 e. The van der Waals surface area contributed by atoms with E-state index in [4.69, 9.17) is 0 Å². The second-order valence-electron chi connectivity index (χ2n) is 3.35. The molecule has 2 heterocycles. The maximum atomic E-state index is 10.7. The number of imidazole rings is 1. The van der Waals surface area contributed by atoms with E-state index in [1.807, 2.05) is 0 Å². The Balaban J connectivity index is 2.14. The molecule has 17 heavy (non-hydrogen) atoms. The second kappa shape index (κ2) is 4.56. The summed E-state index contributed by atoms with van der Waals surface area (Å²) in [6.07, 6.45) is 2.95. The van der Waals surface area contributed by atoms with Gasteiger partial charge in [0, 0.05) is 13.2 Å². The van der Waals surface area contributed by atoms with Gasteiger partial charge >= 0.3 is 5.82 Å². The number of rotatable bonds is 4. The lowest BCUT2D eigenvalue weighted by atomic mass is 10.4. The molecule has 88 valence electrons. The van der Waals surface area contributed by atoms with Crippen LogP contribution in [0.5, 0.6) is 0 Å². The molecule has 0 aliphatic carbocycles. The Morgan fingerprint density at radius 2 is 2.41 bits per heavy atom. The molecule has 8 nitrogen and oxygen atoms in total. The van der Waals surface area contributed by atoms with Gasteiger partial charge in [-0.05, 0) is 22.0 Å². The van der Waals surface area contributed by atoms with E-state index in [2.05, 4.69) is 20.5 Å². The molecule has 2 rings (SSSR count). The summed E-state index contributed by atoms with van der Waals surface area (Å²) in [6, 6.07) is 3.53. The minimum atomic E-state index is -0.529. The summed E-state index contributed by atoms with van der Waals surface area (Å²) in [5.74, 6) is 0.150. The molecular formula is C9H10N6O2. The Kier molecular flexibility index (Phi) is 2.95. The molecule has 0 saturated heterocycles. The first-order valence-electron chi connectivity index (χ1n) is 4.84. The monoisotopic (exact) mass is 234 g/mol. The smallest absolute Gasteiger partial charge is 0.359 e. The third kappa shape index (κ3) is 2.36. The molecule has 1 N–H and O–H groups in total. The number of nitrogens with one attached hydrogen (secondary N) is 1. The third-order valence-electron chi connectivity index (χ3n) is 2.16. The van der Waals surface area contributed by atoms with Gasteiger partial charge in [0.1, 0.15) is 0 Å². The number of hydrogen-bond acceptors (Lipinski definition) is 6. The van der Waals surface area contributed by atoms with Crippen LogP contribution < -0.4 is 5.32 Å². The number of aryl methyl sites for hydroxylation is 1. The van der Waals surface area contributed by atoms with Crippen molar-refractivity contribution in [2.24, 2.45) is 7.05 Å². The molecule has 0 radical (unpaired) electrons. The Morgan fingerprint density at radius 3 is 3.06 bits per heavy atom. The first kappa shape index (κ1) is 11.0. The standard InChI is InChI=1S/C9H10N6O2/c1-14-6-11-9(15(16)17)8(14)10-5-7-3-2-4-12-13-7/h2-4,6,10H,5H2,1H3. The molecule has 0 spiro atoms. The van der Waals surface area contributed by atoms with Crippen LogP contribution in [0.4, 0.5) is 11.6 Å². The lowest BCUT2D eigenvalue weighted by Gasteiger charge is -2.04. The summed E-state index contributed by atoms with van der Waals surface area (Å²) in [7, 11) is 1.68. The van der Waals surface area contributed by atoms with E-state index in [1.54, 1.807) is 29.9 Å². The van der Waals surface area contributed by atoms with E-state index >= 15 is 0 Å². The summed E-state index contributed by atoms with van der Waals surface area (Å²) in [5.41, 5.74) is 0.697. The van der Waals surface area contributed by atoms with Crippen LogP contribution in [0.25, 0.3) is 0 Å². The van der Waals surface area contributed by atoms with Crippen LogP contribution in [0, 0.1) is 10.1 Å². The largest absolute Gasteiger partial charge is 0.406 e. The molecule has 0 fully saturated rings. The molecule has 2 aromatic heterocycles. The van der Waals surface area contributed by atoms with Gasteiger partial charge in [-0.1, -0.05) is 0 Å². The van der Waals surface area contributed by atoms with E-state index < -0.39 is 4.92 Å². The molecule has 0 aliphatic heterocycles. The summed E-state index contributed by atoms with van der Waals surface area (Å²) in [5, 5.41) is 21.2. The highest BCUT2D eigenvalue weighted by molar-refractivity contribution is 5.51. The Labute approximate surface area is 96.5 Å². The zero-order valence-electron chi connectivity index (χ0n) is 9.07. The molecule has 2 aromatic rings. The molecule has 0 unspecified atom stereocenters. The zero-order chi connectivity index (χ0) is 12.3. The quantitative estimate of drug-likeness (QED) is 0.618. The number of hydrogen-bond donors (Lipinski definition) is 1. The Bertz CT molecular complexity index is 524. The van der Waals surface area contributed by atoms with Crippen molar-refractivity contribution < 1.29 is 4.92 Å². The van der Waals surface area contributed by atoms with Crippen LogP contribution >= 0.6 is 0 Å². The fourth-order valence-corrected chi connectivity index (χ4v) is 1.36. The van der Waals surface area contributed by atoms with Gasteiger partial charge in [-0.25, -0.2) is 0 Å². The molecule has 0 bridgehead atoms. The van der Waals surface area contributed by atoms with Crippen LogP contribution in [-0.4, -0.2) is 24.7 Å². The highest BCUT2D eigenvalue weighted by atomic mass is 16.6. The van der Waals surface area contributed by atoms with Gasteiger partial charge in [0.2, 0.25) is 12.1 Å². The van der Waals surface area contributed by atoms with E-state index in [9.17, 15) is 10.1 Å². The van der Waals surface area contributed by atoms with E-state index in [0.29, 0.717) is 18.1 Å². The van der Waals surface area contributed by atoms with E-state index in [1.165, 1.54) is 6.33 Å². The molecule has 0 atom stereocenters. The maximum absolute atomic E-state index is 10.7. The van der Waals surface area contributed by atoms with Crippen molar-refractivity contribution in [3.05, 3.63) is 40.5 Å².